The fraction of sp³-hybridized carbons (Fsp3) is 0.280. The highest BCUT2D eigenvalue weighted by molar-refractivity contribution is 6.15. The summed E-state index contributed by atoms with van der Waals surface area (Å²) in [6, 6.07) is 13.9. The zero-order valence-electron chi connectivity index (χ0n) is 18.4. The highest BCUT2D eigenvalue weighted by Gasteiger charge is 2.18. The first-order chi connectivity index (χ1) is 15.1. The normalized spacial score (nSPS) is 11.2. The Morgan fingerprint density at radius 2 is 2.00 bits per heavy atom. The Labute approximate surface area is 181 Å². The molecule has 0 unspecified atom stereocenters. The van der Waals surface area contributed by atoms with Crippen molar-refractivity contribution in [2.45, 2.75) is 13.8 Å². The number of carbonyl (C=O) groups excluding carboxylic acids is 1. The Hall–Kier alpha value is -3.38. The summed E-state index contributed by atoms with van der Waals surface area (Å²) in [5, 5.41) is 2.08. The highest BCUT2D eigenvalue weighted by atomic mass is 16.5. The molecule has 0 saturated carbocycles. The molecule has 1 amide bonds. The number of amides is 1. The van der Waals surface area contributed by atoms with Crippen LogP contribution in [0.5, 0.6) is 5.75 Å². The van der Waals surface area contributed by atoms with Gasteiger partial charge in [0.15, 0.2) is 0 Å². The molecule has 0 aliphatic heterocycles. The van der Waals surface area contributed by atoms with Crippen LogP contribution in [0.25, 0.3) is 33.1 Å². The van der Waals surface area contributed by atoms with E-state index in [-0.39, 0.29) is 5.91 Å². The number of rotatable bonds is 7. The molecule has 160 valence electrons. The van der Waals surface area contributed by atoms with Gasteiger partial charge in [-0.3, -0.25) is 4.79 Å². The number of carbonyl (C=O) groups is 1. The molecule has 1 N–H and O–H groups in total. The van der Waals surface area contributed by atoms with E-state index in [1.807, 2.05) is 56.4 Å². The molecule has 0 fully saturated rings. The molecule has 6 heteroatoms. The van der Waals surface area contributed by atoms with Gasteiger partial charge in [0, 0.05) is 42.7 Å². The lowest BCUT2D eigenvalue weighted by atomic mass is 9.97. The van der Waals surface area contributed by atoms with Crippen molar-refractivity contribution in [3.8, 4) is 16.9 Å². The Morgan fingerprint density at radius 3 is 2.74 bits per heavy atom. The van der Waals surface area contributed by atoms with Crippen LogP contribution >= 0.6 is 0 Å². The Morgan fingerprint density at radius 1 is 1.16 bits per heavy atom. The van der Waals surface area contributed by atoms with Crippen molar-refractivity contribution < 1.29 is 14.3 Å². The molecule has 0 aliphatic carbocycles. The number of H-pyrrole nitrogens is 1. The summed E-state index contributed by atoms with van der Waals surface area (Å²) in [4.78, 5) is 22.8. The first-order valence-corrected chi connectivity index (χ1v) is 10.4. The number of nitrogens with one attached hydrogen (secondary N) is 1. The maximum absolute atomic E-state index is 13.1. The standard InChI is InChI=1S/C25H27N3O3/c1-5-28(11-12-30-3)25(29)18-8-6-7-17(14-18)19-9-10-21(31-4)23-22(19)20-13-16(2)15-26-24(20)27-23/h6-10,13-15H,5,11-12H2,1-4H3,(H,26,27). The summed E-state index contributed by atoms with van der Waals surface area (Å²) >= 11 is 0. The molecule has 31 heavy (non-hydrogen) atoms. The van der Waals surface area contributed by atoms with E-state index in [0.29, 0.717) is 25.3 Å². The van der Waals surface area contributed by atoms with Crippen LogP contribution in [0.2, 0.25) is 0 Å². The lowest BCUT2D eigenvalue weighted by Crippen LogP contribution is -2.33. The van der Waals surface area contributed by atoms with Gasteiger partial charge in [-0.15, -0.1) is 0 Å². The number of ether oxygens (including phenoxy) is 2. The molecule has 0 aliphatic rings. The largest absolute Gasteiger partial charge is 0.495 e. The summed E-state index contributed by atoms with van der Waals surface area (Å²) in [6.45, 7) is 5.72. The number of benzene rings is 2. The van der Waals surface area contributed by atoms with Crippen molar-refractivity contribution in [1.29, 1.82) is 0 Å². The number of aromatic nitrogens is 2. The molecule has 6 nitrogen and oxygen atoms in total. The number of hydrogen-bond donors (Lipinski definition) is 1. The third-order valence-corrected chi connectivity index (χ3v) is 5.58. The van der Waals surface area contributed by atoms with Crippen LogP contribution in [0.3, 0.4) is 0 Å². The second kappa shape index (κ2) is 8.78. The topological polar surface area (TPSA) is 67.4 Å². The summed E-state index contributed by atoms with van der Waals surface area (Å²) in [6.07, 6.45) is 1.85. The van der Waals surface area contributed by atoms with Gasteiger partial charge in [0.25, 0.3) is 5.91 Å². The van der Waals surface area contributed by atoms with E-state index in [1.54, 1.807) is 19.1 Å². The maximum Gasteiger partial charge on any atom is 0.253 e. The predicted octanol–water partition coefficient (Wildman–Crippen LogP) is 4.81. The molecule has 0 radical (unpaired) electrons. The molecule has 0 spiro atoms. The van der Waals surface area contributed by atoms with Crippen LogP contribution in [0.15, 0.2) is 48.7 Å². The molecule has 4 rings (SSSR count). The number of aromatic amines is 1. The van der Waals surface area contributed by atoms with E-state index in [2.05, 4.69) is 16.0 Å². The molecular formula is C25H27N3O3. The second-order valence-electron chi connectivity index (χ2n) is 7.56. The number of hydrogen-bond acceptors (Lipinski definition) is 4. The summed E-state index contributed by atoms with van der Waals surface area (Å²) in [7, 11) is 3.31. The van der Waals surface area contributed by atoms with E-state index >= 15 is 0 Å². The number of aryl methyl sites for hydroxylation is 1. The van der Waals surface area contributed by atoms with Crippen LogP contribution in [0, 0.1) is 6.92 Å². The molecule has 0 saturated heterocycles. The number of nitrogens with zero attached hydrogens (tertiary/aromatic N) is 2. The van der Waals surface area contributed by atoms with Gasteiger partial charge >= 0.3 is 0 Å². The second-order valence-corrected chi connectivity index (χ2v) is 7.56. The van der Waals surface area contributed by atoms with Crippen LogP contribution < -0.4 is 4.74 Å². The minimum Gasteiger partial charge on any atom is -0.495 e. The van der Waals surface area contributed by atoms with Gasteiger partial charge in [0.2, 0.25) is 0 Å². The summed E-state index contributed by atoms with van der Waals surface area (Å²) in [5.41, 5.74) is 5.47. The molecule has 0 atom stereocenters. The van der Waals surface area contributed by atoms with Crippen molar-refractivity contribution in [1.82, 2.24) is 14.9 Å². The molecule has 4 aromatic rings. The SMILES string of the molecule is CCN(CCOC)C(=O)c1cccc(-c2ccc(OC)c3[nH]c4ncc(C)cc4c23)c1. The lowest BCUT2D eigenvalue weighted by molar-refractivity contribution is 0.0706. The molecule has 0 bridgehead atoms. The molecular weight excluding hydrogens is 390 g/mol. The number of fused-ring (bicyclic) bond motifs is 3. The van der Waals surface area contributed by atoms with E-state index < -0.39 is 0 Å². The molecule has 2 heterocycles. The Balaban J connectivity index is 1.86. The molecule has 2 aromatic carbocycles. The smallest absolute Gasteiger partial charge is 0.253 e. The van der Waals surface area contributed by atoms with Crippen LogP contribution in [-0.2, 0) is 4.74 Å². The van der Waals surface area contributed by atoms with Crippen LogP contribution in [0.1, 0.15) is 22.8 Å². The maximum atomic E-state index is 13.1. The van der Waals surface area contributed by atoms with Crippen molar-refractivity contribution in [3.05, 3.63) is 59.8 Å². The van der Waals surface area contributed by atoms with Gasteiger partial charge < -0.3 is 19.4 Å². The van der Waals surface area contributed by atoms with Gasteiger partial charge in [0.05, 0.1) is 19.2 Å². The van der Waals surface area contributed by atoms with Gasteiger partial charge in [-0.05, 0) is 60.9 Å². The fourth-order valence-corrected chi connectivity index (χ4v) is 3.98. The van der Waals surface area contributed by atoms with Gasteiger partial charge in [-0.2, -0.15) is 0 Å². The average molecular weight is 418 g/mol. The first-order valence-electron chi connectivity index (χ1n) is 10.4. The first kappa shape index (κ1) is 20.9. The van der Waals surface area contributed by atoms with Crippen LogP contribution in [0.4, 0.5) is 0 Å². The zero-order chi connectivity index (χ0) is 22.0. The van der Waals surface area contributed by atoms with Crippen molar-refractivity contribution >= 4 is 27.8 Å². The van der Waals surface area contributed by atoms with E-state index in [9.17, 15) is 4.79 Å². The quantitative estimate of drug-likeness (QED) is 0.469. The van der Waals surface area contributed by atoms with Gasteiger partial charge in [-0.1, -0.05) is 12.1 Å². The monoisotopic (exact) mass is 417 g/mol. The van der Waals surface area contributed by atoms with Crippen molar-refractivity contribution in [3.63, 3.8) is 0 Å². The molecule has 2 aromatic heterocycles. The van der Waals surface area contributed by atoms with Gasteiger partial charge in [-0.25, -0.2) is 4.98 Å². The van der Waals surface area contributed by atoms with E-state index in [4.69, 9.17) is 9.47 Å². The summed E-state index contributed by atoms with van der Waals surface area (Å²) in [5.74, 6) is 0.765. The van der Waals surface area contributed by atoms with E-state index in [0.717, 1.165) is 44.4 Å². The third kappa shape index (κ3) is 3.86. The number of pyridine rings is 1. The van der Waals surface area contributed by atoms with Crippen LogP contribution in [-0.4, -0.2) is 54.7 Å². The minimum absolute atomic E-state index is 0.00240. The number of likely N-dealkylation sites (N-methyl/N-ethyl adjacent to an activating group) is 1. The van der Waals surface area contributed by atoms with Gasteiger partial charge in [0.1, 0.15) is 11.4 Å². The number of methoxy groups -OCH3 is 2. The highest BCUT2D eigenvalue weighted by Crippen LogP contribution is 2.39. The van der Waals surface area contributed by atoms with E-state index in [1.165, 1.54) is 0 Å². The Bertz CT molecular complexity index is 1250. The fourth-order valence-electron chi connectivity index (χ4n) is 3.98. The van der Waals surface area contributed by atoms with Crippen molar-refractivity contribution in [2.75, 3.05) is 33.9 Å². The lowest BCUT2D eigenvalue weighted by Gasteiger charge is -2.21. The van der Waals surface area contributed by atoms with Crippen molar-refractivity contribution in [2.24, 2.45) is 0 Å². The Kier molecular flexibility index (Phi) is 5.91. The average Bonchev–Trinajstić information content (AvgIpc) is 3.17. The summed E-state index contributed by atoms with van der Waals surface area (Å²) < 4.78 is 10.7. The minimum atomic E-state index is 0.00240. The third-order valence-electron chi connectivity index (χ3n) is 5.58. The predicted molar refractivity (Wildman–Crippen MR) is 124 cm³/mol. The zero-order valence-corrected chi connectivity index (χ0v) is 18.4.